The number of carbonyl (C=O) groups excluding carboxylic acids is 1. The monoisotopic (exact) mass is 380 g/mol. The molecule has 3 rings (SSSR count). The quantitative estimate of drug-likeness (QED) is 0.701. The number of aromatic nitrogens is 1. The maximum absolute atomic E-state index is 12.4. The van der Waals surface area contributed by atoms with E-state index in [1.807, 2.05) is 38.7 Å². The molecule has 1 saturated carbocycles. The molecule has 1 saturated heterocycles. The predicted molar refractivity (Wildman–Crippen MR) is 102 cm³/mol. The van der Waals surface area contributed by atoms with Crippen molar-refractivity contribution in [3.05, 3.63) is 23.0 Å². The summed E-state index contributed by atoms with van der Waals surface area (Å²) in [4.78, 5) is 18.5. The molecule has 2 atom stereocenters. The summed E-state index contributed by atoms with van der Waals surface area (Å²) in [6.07, 6.45) is 4.46. The van der Waals surface area contributed by atoms with Crippen LogP contribution >= 0.6 is 11.6 Å². The lowest BCUT2D eigenvalue weighted by molar-refractivity contribution is 0.0200. The minimum atomic E-state index is -0.467. The van der Waals surface area contributed by atoms with E-state index in [4.69, 9.17) is 21.1 Å². The first kappa shape index (κ1) is 19.3. The predicted octanol–water partition coefficient (Wildman–Crippen LogP) is 4.85. The Labute approximate surface area is 161 Å². The molecule has 2 aliphatic rings. The Bertz CT molecular complexity index is 655. The first-order valence-electron chi connectivity index (χ1n) is 9.50. The summed E-state index contributed by atoms with van der Waals surface area (Å²) < 4.78 is 11.9. The van der Waals surface area contributed by atoms with Gasteiger partial charge in [-0.25, -0.2) is 9.78 Å². The minimum absolute atomic E-state index is 0.109. The zero-order valence-electron chi connectivity index (χ0n) is 16.1. The second kappa shape index (κ2) is 7.63. The summed E-state index contributed by atoms with van der Waals surface area (Å²) in [5.41, 5.74) is 0.342. The lowest BCUT2D eigenvalue weighted by Gasteiger charge is -2.37. The molecular weight excluding hydrogens is 352 g/mol. The van der Waals surface area contributed by atoms with Gasteiger partial charge in [-0.3, -0.25) is 0 Å². The maximum atomic E-state index is 12.4. The van der Waals surface area contributed by atoms with Crippen molar-refractivity contribution in [2.45, 2.75) is 65.1 Å². The fourth-order valence-electron chi connectivity index (χ4n) is 3.68. The van der Waals surface area contributed by atoms with Gasteiger partial charge in [-0.15, -0.1) is 0 Å². The summed E-state index contributed by atoms with van der Waals surface area (Å²) in [5, 5.41) is 0.479. The molecule has 0 aromatic carbocycles. The Morgan fingerprint density at radius 1 is 1.27 bits per heavy atom. The van der Waals surface area contributed by atoms with Gasteiger partial charge in [-0.05, 0) is 65.0 Å². The van der Waals surface area contributed by atoms with Crippen LogP contribution in [0.5, 0.6) is 5.75 Å². The van der Waals surface area contributed by atoms with Gasteiger partial charge in [-0.1, -0.05) is 18.0 Å². The van der Waals surface area contributed by atoms with E-state index in [-0.39, 0.29) is 12.2 Å². The Balaban J connectivity index is 1.68. The average molecular weight is 381 g/mol. The molecular formula is C20H29ClN2O3. The molecule has 0 bridgehead atoms. The van der Waals surface area contributed by atoms with Crippen molar-refractivity contribution in [1.29, 1.82) is 0 Å². The molecule has 5 nitrogen and oxygen atoms in total. The third-order valence-corrected chi connectivity index (χ3v) is 5.43. The van der Waals surface area contributed by atoms with E-state index in [0.717, 1.165) is 24.4 Å². The van der Waals surface area contributed by atoms with Crippen LogP contribution in [0, 0.1) is 18.8 Å². The number of carbonyl (C=O) groups is 1. The fourth-order valence-corrected chi connectivity index (χ4v) is 3.87. The molecule has 1 amide bonds. The average Bonchev–Trinajstić information content (AvgIpc) is 2.95. The summed E-state index contributed by atoms with van der Waals surface area (Å²) in [5.74, 6) is 1.67. The Kier molecular flexibility index (Phi) is 5.66. The SMILES string of the molecule is Cc1nc(Cl)ccc1OC(C1CCC1)[C@H]1CCN(C(=O)OC(C)(C)C)C1. The fraction of sp³-hybridized carbons (Fsp3) is 0.700. The highest BCUT2D eigenvalue weighted by atomic mass is 35.5. The van der Waals surface area contributed by atoms with Gasteiger partial charge in [0.1, 0.15) is 22.6 Å². The highest BCUT2D eigenvalue weighted by Crippen LogP contribution is 2.39. The van der Waals surface area contributed by atoms with E-state index < -0.39 is 5.60 Å². The van der Waals surface area contributed by atoms with Crippen LogP contribution in [-0.4, -0.2) is 40.8 Å². The lowest BCUT2D eigenvalue weighted by atomic mass is 9.76. The number of rotatable bonds is 4. The zero-order chi connectivity index (χ0) is 18.9. The molecule has 2 heterocycles. The Morgan fingerprint density at radius 2 is 2.00 bits per heavy atom. The zero-order valence-corrected chi connectivity index (χ0v) is 16.9. The van der Waals surface area contributed by atoms with Crippen LogP contribution in [0.25, 0.3) is 0 Å². The van der Waals surface area contributed by atoms with Crippen molar-refractivity contribution in [1.82, 2.24) is 9.88 Å². The molecule has 1 aromatic heterocycles. The van der Waals surface area contributed by atoms with Gasteiger partial charge in [-0.2, -0.15) is 0 Å². The van der Waals surface area contributed by atoms with Gasteiger partial charge in [0.2, 0.25) is 0 Å². The highest BCUT2D eigenvalue weighted by Gasteiger charge is 2.40. The summed E-state index contributed by atoms with van der Waals surface area (Å²) >= 11 is 5.96. The van der Waals surface area contributed by atoms with Crippen molar-refractivity contribution >= 4 is 17.7 Å². The van der Waals surface area contributed by atoms with E-state index in [0.29, 0.717) is 23.5 Å². The number of hydrogen-bond donors (Lipinski definition) is 0. The molecule has 0 spiro atoms. The molecule has 1 aliphatic carbocycles. The first-order valence-corrected chi connectivity index (χ1v) is 9.88. The normalized spacial score (nSPS) is 22.0. The van der Waals surface area contributed by atoms with E-state index in [9.17, 15) is 4.79 Å². The van der Waals surface area contributed by atoms with Gasteiger partial charge in [0.25, 0.3) is 0 Å². The second-order valence-electron chi connectivity index (χ2n) is 8.47. The van der Waals surface area contributed by atoms with E-state index in [2.05, 4.69) is 4.98 Å². The summed E-state index contributed by atoms with van der Waals surface area (Å²) in [7, 11) is 0. The highest BCUT2D eigenvalue weighted by molar-refractivity contribution is 6.29. The van der Waals surface area contributed by atoms with Crippen molar-refractivity contribution < 1.29 is 14.3 Å². The van der Waals surface area contributed by atoms with Crippen molar-refractivity contribution in [3.63, 3.8) is 0 Å². The number of nitrogens with zero attached hydrogens (tertiary/aromatic N) is 2. The van der Waals surface area contributed by atoms with E-state index >= 15 is 0 Å². The van der Waals surface area contributed by atoms with Crippen LogP contribution in [0.1, 0.15) is 52.1 Å². The van der Waals surface area contributed by atoms with Crippen LogP contribution in [0.3, 0.4) is 0 Å². The third-order valence-electron chi connectivity index (χ3n) is 5.22. The summed E-state index contributed by atoms with van der Waals surface area (Å²) in [6, 6.07) is 3.67. The minimum Gasteiger partial charge on any atom is -0.488 e. The number of aryl methyl sites for hydroxylation is 1. The molecule has 0 radical (unpaired) electrons. The summed E-state index contributed by atoms with van der Waals surface area (Å²) in [6.45, 7) is 9.03. The van der Waals surface area contributed by atoms with Gasteiger partial charge in [0.15, 0.2) is 0 Å². The third kappa shape index (κ3) is 4.61. The largest absolute Gasteiger partial charge is 0.488 e. The van der Waals surface area contributed by atoms with Crippen LogP contribution in [-0.2, 0) is 4.74 Å². The molecule has 1 aromatic rings. The second-order valence-corrected chi connectivity index (χ2v) is 8.85. The van der Waals surface area contributed by atoms with Crippen LogP contribution in [0.15, 0.2) is 12.1 Å². The number of amides is 1. The lowest BCUT2D eigenvalue weighted by Crippen LogP contribution is -2.41. The van der Waals surface area contributed by atoms with Gasteiger partial charge in [0, 0.05) is 19.0 Å². The molecule has 144 valence electrons. The molecule has 0 N–H and O–H groups in total. The van der Waals surface area contributed by atoms with Crippen molar-refractivity contribution in [3.8, 4) is 5.75 Å². The Morgan fingerprint density at radius 3 is 2.58 bits per heavy atom. The Hall–Kier alpha value is -1.49. The molecule has 1 aliphatic heterocycles. The molecule has 1 unspecified atom stereocenters. The number of hydrogen-bond acceptors (Lipinski definition) is 4. The number of likely N-dealkylation sites (tertiary alicyclic amines) is 1. The number of halogens is 1. The number of ether oxygens (including phenoxy) is 2. The van der Waals surface area contributed by atoms with Gasteiger partial charge < -0.3 is 14.4 Å². The molecule has 6 heteroatoms. The standard InChI is InChI=1S/C20H29ClN2O3/c1-13-16(8-9-17(21)22-13)25-18(14-6-5-7-14)15-10-11-23(12-15)19(24)26-20(2,3)4/h8-9,14-15,18H,5-7,10-12H2,1-4H3/t15-,18?/m0/s1. The smallest absolute Gasteiger partial charge is 0.410 e. The van der Waals surface area contributed by atoms with Crippen molar-refractivity contribution in [2.24, 2.45) is 11.8 Å². The van der Waals surface area contributed by atoms with Crippen LogP contribution in [0.4, 0.5) is 4.79 Å². The van der Waals surface area contributed by atoms with Crippen LogP contribution in [0.2, 0.25) is 5.15 Å². The topological polar surface area (TPSA) is 51.7 Å². The molecule has 2 fully saturated rings. The van der Waals surface area contributed by atoms with Gasteiger partial charge >= 0.3 is 6.09 Å². The van der Waals surface area contributed by atoms with E-state index in [1.54, 1.807) is 6.07 Å². The van der Waals surface area contributed by atoms with Crippen LogP contribution < -0.4 is 4.74 Å². The number of pyridine rings is 1. The van der Waals surface area contributed by atoms with Crippen molar-refractivity contribution in [2.75, 3.05) is 13.1 Å². The van der Waals surface area contributed by atoms with E-state index in [1.165, 1.54) is 19.3 Å². The molecule has 26 heavy (non-hydrogen) atoms. The van der Waals surface area contributed by atoms with Gasteiger partial charge in [0.05, 0.1) is 5.69 Å². The first-order chi connectivity index (χ1) is 12.2. The maximum Gasteiger partial charge on any atom is 0.410 e.